The number of aliphatic carboxylic acids is 1. The lowest BCUT2D eigenvalue weighted by Gasteiger charge is -2.05. The van der Waals surface area contributed by atoms with E-state index in [1.54, 1.807) is 0 Å². The molecule has 0 unspecified atom stereocenters. The molecule has 0 aromatic rings. The minimum atomic E-state index is -1.17. The third-order valence-electron chi connectivity index (χ3n) is 5.87. The molecule has 0 bridgehead atoms. The van der Waals surface area contributed by atoms with Gasteiger partial charge < -0.3 is 10.2 Å². The monoisotopic (exact) mass is 398 g/mol. The smallest absolute Gasteiger partial charge is 0.332 e. The van der Waals surface area contributed by atoms with Gasteiger partial charge in [-0.15, -0.1) is 0 Å². The predicted octanol–water partition coefficient (Wildman–Crippen LogP) is 8.03. The Bertz CT molecular complexity index is 317. The molecule has 0 aliphatic rings. The van der Waals surface area contributed by atoms with E-state index < -0.39 is 12.1 Å². The summed E-state index contributed by atoms with van der Waals surface area (Å²) in [5.41, 5.74) is 0. The fourth-order valence-corrected chi connectivity index (χ4v) is 3.89. The lowest BCUT2D eigenvalue weighted by Crippen LogP contribution is -2.18. The molecular formula is C25H50O3. The maximum absolute atomic E-state index is 10.5. The zero-order valence-corrected chi connectivity index (χ0v) is 18.9. The van der Waals surface area contributed by atoms with Gasteiger partial charge in [0.05, 0.1) is 0 Å². The Morgan fingerprint density at radius 1 is 0.536 bits per heavy atom. The maximum Gasteiger partial charge on any atom is 0.332 e. The van der Waals surface area contributed by atoms with Crippen LogP contribution in [0.4, 0.5) is 0 Å². The molecule has 2 N–H and O–H groups in total. The average molecular weight is 399 g/mol. The molecule has 0 amide bonds. The van der Waals surface area contributed by atoms with Gasteiger partial charge in [0, 0.05) is 0 Å². The van der Waals surface area contributed by atoms with E-state index in [0.717, 1.165) is 12.8 Å². The third-order valence-corrected chi connectivity index (χ3v) is 5.87. The molecule has 1 atom stereocenters. The second-order valence-electron chi connectivity index (χ2n) is 8.71. The van der Waals surface area contributed by atoms with Gasteiger partial charge in [-0.1, -0.05) is 142 Å². The predicted molar refractivity (Wildman–Crippen MR) is 121 cm³/mol. The highest BCUT2D eigenvalue weighted by Gasteiger charge is 2.11. The topological polar surface area (TPSA) is 57.5 Å². The summed E-state index contributed by atoms with van der Waals surface area (Å²) in [7, 11) is 0. The van der Waals surface area contributed by atoms with Crippen LogP contribution in [-0.2, 0) is 4.79 Å². The summed E-state index contributed by atoms with van der Waals surface area (Å²) in [6, 6.07) is 0. The van der Waals surface area contributed by atoms with Crippen molar-refractivity contribution < 1.29 is 15.0 Å². The fourth-order valence-electron chi connectivity index (χ4n) is 3.89. The molecule has 0 aliphatic carbocycles. The highest BCUT2D eigenvalue weighted by Crippen LogP contribution is 2.15. The van der Waals surface area contributed by atoms with Gasteiger partial charge in [0.25, 0.3) is 0 Å². The van der Waals surface area contributed by atoms with E-state index in [4.69, 9.17) is 5.11 Å². The number of unbranched alkanes of at least 4 members (excludes halogenated alkanes) is 20. The lowest BCUT2D eigenvalue weighted by atomic mass is 10.0. The van der Waals surface area contributed by atoms with Crippen molar-refractivity contribution in [2.24, 2.45) is 0 Å². The highest BCUT2D eigenvalue weighted by molar-refractivity contribution is 5.71. The molecule has 3 nitrogen and oxygen atoms in total. The van der Waals surface area contributed by atoms with Crippen LogP contribution in [0.5, 0.6) is 0 Å². The van der Waals surface area contributed by atoms with Crippen LogP contribution in [0, 0.1) is 0 Å². The molecule has 0 rings (SSSR count). The van der Waals surface area contributed by atoms with Crippen molar-refractivity contribution in [2.45, 2.75) is 154 Å². The summed E-state index contributed by atoms with van der Waals surface area (Å²) in [6.07, 6.45) is 27.5. The summed E-state index contributed by atoms with van der Waals surface area (Å²) in [6.45, 7) is 2.28. The minimum absolute atomic E-state index is 0.397. The van der Waals surface area contributed by atoms with Crippen LogP contribution in [0.15, 0.2) is 0 Å². The van der Waals surface area contributed by atoms with Crippen LogP contribution in [-0.4, -0.2) is 22.3 Å². The van der Waals surface area contributed by atoms with Crippen molar-refractivity contribution in [2.75, 3.05) is 0 Å². The number of rotatable bonds is 23. The van der Waals surface area contributed by atoms with Crippen molar-refractivity contribution in [3.8, 4) is 0 Å². The molecule has 0 saturated heterocycles. The Kier molecular flexibility index (Phi) is 22.3. The molecule has 0 heterocycles. The van der Waals surface area contributed by atoms with Crippen LogP contribution in [0.1, 0.15) is 148 Å². The number of hydrogen-bond acceptors (Lipinski definition) is 2. The van der Waals surface area contributed by atoms with Gasteiger partial charge in [-0.2, -0.15) is 0 Å². The summed E-state index contributed by atoms with van der Waals surface area (Å²) < 4.78 is 0. The Balaban J connectivity index is 3.04. The number of hydrogen-bond donors (Lipinski definition) is 2. The Hall–Kier alpha value is -0.570. The first-order valence-electron chi connectivity index (χ1n) is 12.6. The van der Waals surface area contributed by atoms with Crippen molar-refractivity contribution in [3.63, 3.8) is 0 Å². The molecule has 168 valence electrons. The molecule has 0 aromatic heterocycles. The Labute approximate surface area is 175 Å². The molecular weight excluding hydrogens is 348 g/mol. The SMILES string of the molecule is CCCCCCCCCCCCCCCCCCCCCCC[C@@H](O)C(=O)O. The number of carbonyl (C=O) groups is 1. The van der Waals surface area contributed by atoms with E-state index in [1.165, 1.54) is 122 Å². The van der Waals surface area contributed by atoms with Crippen LogP contribution in [0.25, 0.3) is 0 Å². The lowest BCUT2D eigenvalue weighted by molar-refractivity contribution is -0.146. The number of carboxylic acids is 1. The van der Waals surface area contributed by atoms with Gasteiger partial charge in [-0.25, -0.2) is 4.79 Å². The van der Waals surface area contributed by atoms with E-state index in [1.807, 2.05) is 0 Å². The largest absolute Gasteiger partial charge is 0.479 e. The van der Waals surface area contributed by atoms with Gasteiger partial charge in [-0.05, 0) is 6.42 Å². The standard InChI is InChI=1S/C25H50O3/c1-2-3-4-5-6-7-8-9-10-11-12-13-14-15-16-17-18-19-20-21-22-23-24(26)25(27)28/h24,26H,2-23H2,1H3,(H,27,28)/t24-/m1/s1. The molecule has 28 heavy (non-hydrogen) atoms. The molecule has 3 heteroatoms. The molecule has 0 aliphatic heterocycles. The van der Waals surface area contributed by atoms with Crippen LogP contribution in [0.2, 0.25) is 0 Å². The van der Waals surface area contributed by atoms with E-state index in [0.29, 0.717) is 6.42 Å². The number of aliphatic hydroxyl groups is 1. The summed E-state index contributed by atoms with van der Waals surface area (Å²) >= 11 is 0. The van der Waals surface area contributed by atoms with Gasteiger partial charge in [0.1, 0.15) is 0 Å². The zero-order valence-electron chi connectivity index (χ0n) is 18.9. The maximum atomic E-state index is 10.5. The van der Waals surface area contributed by atoms with Gasteiger partial charge >= 0.3 is 5.97 Å². The average Bonchev–Trinajstić information content (AvgIpc) is 2.68. The molecule has 0 fully saturated rings. The first-order valence-corrected chi connectivity index (χ1v) is 12.6. The Morgan fingerprint density at radius 3 is 1.04 bits per heavy atom. The van der Waals surface area contributed by atoms with Crippen LogP contribution < -0.4 is 0 Å². The van der Waals surface area contributed by atoms with Gasteiger partial charge in [0.15, 0.2) is 6.10 Å². The molecule has 0 aromatic carbocycles. The van der Waals surface area contributed by atoms with E-state index in [9.17, 15) is 9.90 Å². The second-order valence-corrected chi connectivity index (χ2v) is 8.71. The van der Waals surface area contributed by atoms with Gasteiger partial charge in [0.2, 0.25) is 0 Å². The minimum Gasteiger partial charge on any atom is -0.479 e. The van der Waals surface area contributed by atoms with Gasteiger partial charge in [-0.3, -0.25) is 0 Å². The van der Waals surface area contributed by atoms with E-state index in [2.05, 4.69) is 6.92 Å². The van der Waals surface area contributed by atoms with Crippen molar-refractivity contribution >= 4 is 5.97 Å². The summed E-state index contributed by atoms with van der Waals surface area (Å²) in [5, 5.41) is 17.8. The number of carboxylic acid groups (broad SMARTS) is 1. The number of aliphatic hydroxyl groups excluding tert-OH is 1. The first kappa shape index (κ1) is 27.4. The molecule has 0 saturated carbocycles. The fraction of sp³-hybridized carbons (Fsp3) is 0.960. The van der Waals surface area contributed by atoms with Crippen molar-refractivity contribution in [3.05, 3.63) is 0 Å². The van der Waals surface area contributed by atoms with Crippen LogP contribution in [0.3, 0.4) is 0 Å². The molecule has 0 radical (unpaired) electrons. The Morgan fingerprint density at radius 2 is 0.786 bits per heavy atom. The van der Waals surface area contributed by atoms with E-state index in [-0.39, 0.29) is 0 Å². The van der Waals surface area contributed by atoms with Crippen LogP contribution >= 0.6 is 0 Å². The molecule has 0 spiro atoms. The second kappa shape index (κ2) is 22.7. The zero-order chi connectivity index (χ0) is 20.7. The normalized spacial score (nSPS) is 12.4. The third kappa shape index (κ3) is 21.7. The quantitative estimate of drug-likeness (QED) is 0.171. The van der Waals surface area contributed by atoms with E-state index >= 15 is 0 Å². The summed E-state index contributed by atoms with van der Waals surface area (Å²) in [5.74, 6) is -1.09. The first-order chi connectivity index (χ1) is 13.7. The van der Waals surface area contributed by atoms with Crippen molar-refractivity contribution in [1.29, 1.82) is 0 Å². The van der Waals surface area contributed by atoms with Crippen molar-refractivity contribution in [1.82, 2.24) is 0 Å². The summed E-state index contributed by atoms with van der Waals surface area (Å²) in [4.78, 5) is 10.5. The highest BCUT2D eigenvalue weighted by atomic mass is 16.4.